The Morgan fingerprint density at radius 2 is 1.84 bits per heavy atom. The van der Waals surface area contributed by atoms with Crippen molar-refractivity contribution in [3.05, 3.63) is 59.8 Å². The average Bonchev–Trinajstić information content (AvgIpc) is 3.44. The van der Waals surface area contributed by atoms with E-state index in [-0.39, 0.29) is 17.9 Å². The molecule has 2 saturated heterocycles. The summed E-state index contributed by atoms with van der Waals surface area (Å²) in [4.78, 5) is 34.2. The number of carbonyl (C=O) groups excluding carboxylic acids is 2. The van der Waals surface area contributed by atoms with Crippen molar-refractivity contribution in [3.63, 3.8) is 0 Å². The molecule has 2 bridgehead atoms. The van der Waals surface area contributed by atoms with Crippen molar-refractivity contribution in [2.75, 3.05) is 24.5 Å². The highest BCUT2D eigenvalue weighted by Gasteiger charge is 2.46. The Hall–Kier alpha value is -2.89. The molecular formula is C26H34N4O2. The fourth-order valence-electron chi connectivity index (χ4n) is 5.02. The number of likely N-dealkylation sites (tertiary alicyclic amines) is 1. The van der Waals surface area contributed by atoms with Crippen molar-refractivity contribution in [2.45, 2.75) is 58.0 Å². The Bertz CT molecular complexity index is 911. The highest BCUT2D eigenvalue weighted by molar-refractivity contribution is 5.94. The molecule has 32 heavy (non-hydrogen) atoms. The zero-order valence-electron chi connectivity index (χ0n) is 19.2. The number of nitrogens with one attached hydrogen (secondary N) is 1. The number of piperazine rings is 1. The number of pyridine rings is 1. The van der Waals surface area contributed by atoms with E-state index >= 15 is 0 Å². The molecule has 1 N–H and O–H groups in total. The van der Waals surface area contributed by atoms with Gasteiger partial charge in [-0.15, -0.1) is 0 Å². The molecule has 3 heterocycles. The molecule has 2 fully saturated rings. The van der Waals surface area contributed by atoms with E-state index in [0.29, 0.717) is 24.1 Å². The van der Waals surface area contributed by atoms with E-state index in [0.717, 1.165) is 51.0 Å². The molecule has 6 nitrogen and oxygen atoms in total. The van der Waals surface area contributed by atoms with Gasteiger partial charge in [-0.1, -0.05) is 44.2 Å². The van der Waals surface area contributed by atoms with Gasteiger partial charge >= 0.3 is 0 Å². The molecular weight excluding hydrogens is 400 g/mol. The Labute approximate surface area is 191 Å². The lowest BCUT2D eigenvalue weighted by Crippen LogP contribution is -2.50. The molecule has 170 valence electrons. The largest absolute Gasteiger partial charge is 0.352 e. The van der Waals surface area contributed by atoms with Crippen LogP contribution in [0.1, 0.15) is 55.5 Å². The summed E-state index contributed by atoms with van der Waals surface area (Å²) in [5.41, 5.74) is 1.87. The summed E-state index contributed by atoms with van der Waals surface area (Å²) in [5, 5.41) is 2.99. The summed E-state index contributed by atoms with van der Waals surface area (Å²) in [6, 6.07) is 14.7. The van der Waals surface area contributed by atoms with Gasteiger partial charge in [0.25, 0.3) is 5.91 Å². The molecule has 2 aromatic rings. The summed E-state index contributed by atoms with van der Waals surface area (Å²) < 4.78 is 0. The number of carbonyl (C=O) groups is 2. The molecule has 2 atom stereocenters. The van der Waals surface area contributed by atoms with Gasteiger partial charge in [0.2, 0.25) is 5.91 Å². The second kappa shape index (κ2) is 10.2. The molecule has 0 radical (unpaired) electrons. The van der Waals surface area contributed by atoms with Crippen molar-refractivity contribution in [1.29, 1.82) is 0 Å². The van der Waals surface area contributed by atoms with Gasteiger partial charge in [0.15, 0.2) is 0 Å². The minimum absolute atomic E-state index is 0.0815. The number of rotatable bonds is 9. The maximum Gasteiger partial charge on any atom is 0.252 e. The standard InChI is InChI=1S/C26H34N4O2/c1-3-20(4-2)26(32)30-18-22-15-23(30)17-29(22)24-13-12-21(16-28-24)25(31)27-14-8-11-19-9-6-5-7-10-19/h5-7,9-10,12-13,16,20,22-23H,3-4,8,11,14-15,17-18H2,1-2H3,(H,27,31). The molecule has 1 aromatic heterocycles. The number of benzene rings is 1. The predicted molar refractivity (Wildman–Crippen MR) is 127 cm³/mol. The van der Waals surface area contributed by atoms with Crippen molar-refractivity contribution < 1.29 is 9.59 Å². The minimum Gasteiger partial charge on any atom is -0.352 e. The number of nitrogens with zero attached hydrogens (tertiary/aromatic N) is 3. The number of anilines is 1. The smallest absolute Gasteiger partial charge is 0.252 e. The van der Waals surface area contributed by atoms with Gasteiger partial charge in [0.05, 0.1) is 17.6 Å². The Kier molecular flexibility index (Phi) is 7.08. The first-order valence-electron chi connectivity index (χ1n) is 12.0. The van der Waals surface area contributed by atoms with Gasteiger partial charge in [-0.05, 0) is 49.8 Å². The zero-order valence-corrected chi connectivity index (χ0v) is 19.2. The van der Waals surface area contributed by atoms with Crippen LogP contribution in [0.2, 0.25) is 0 Å². The third-order valence-electron chi connectivity index (χ3n) is 6.93. The van der Waals surface area contributed by atoms with Crippen molar-refractivity contribution in [2.24, 2.45) is 5.92 Å². The van der Waals surface area contributed by atoms with E-state index in [1.54, 1.807) is 6.20 Å². The Morgan fingerprint density at radius 1 is 1.06 bits per heavy atom. The second-order valence-electron chi connectivity index (χ2n) is 8.95. The number of hydrogen-bond donors (Lipinski definition) is 1. The van der Waals surface area contributed by atoms with E-state index in [1.165, 1.54) is 5.56 Å². The highest BCUT2D eigenvalue weighted by Crippen LogP contribution is 2.35. The van der Waals surface area contributed by atoms with Gasteiger partial charge in [0, 0.05) is 31.7 Å². The van der Waals surface area contributed by atoms with E-state index in [2.05, 4.69) is 46.1 Å². The molecule has 2 unspecified atom stereocenters. The first-order chi connectivity index (χ1) is 15.6. The van der Waals surface area contributed by atoms with Crippen molar-refractivity contribution >= 4 is 17.6 Å². The van der Waals surface area contributed by atoms with Gasteiger partial charge in [-0.2, -0.15) is 0 Å². The summed E-state index contributed by atoms with van der Waals surface area (Å²) >= 11 is 0. The molecule has 4 rings (SSSR count). The predicted octanol–water partition coefficient (Wildman–Crippen LogP) is 3.67. The van der Waals surface area contributed by atoms with Crippen LogP contribution in [-0.4, -0.2) is 53.4 Å². The van der Waals surface area contributed by atoms with Crippen LogP contribution >= 0.6 is 0 Å². The average molecular weight is 435 g/mol. The third kappa shape index (κ3) is 4.79. The lowest BCUT2D eigenvalue weighted by atomic mass is 10.0. The number of amides is 2. The zero-order chi connectivity index (χ0) is 22.5. The third-order valence-corrected chi connectivity index (χ3v) is 6.93. The summed E-state index contributed by atoms with van der Waals surface area (Å²) in [6.45, 7) is 6.45. The summed E-state index contributed by atoms with van der Waals surface area (Å²) in [7, 11) is 0. The first-order valence-corrected chi connectivity index (χ1v) is 12.0. The second-order valence-corrected chi connectivity index (χ2v) is 8.95. The van der Waals surface area contributed by atoms with E-state index in [4.69, 9.17) is 0 Å². The molecule has 2 aliphatic rings. The van der Waals surface area contributed by atoms with Crippen molar-refractivity contribution in [3.8, 4) is 0 Å². The van der Waals surface area contributed by atoms with Gasteiger partial charge in [-0.25, -0.2) is 4.98 Å². The molecule has 1 aromatic carbocycles. The van der Waals surface area contributed by atoms with Gasteiger partial charge in [0.1, 0.15) is 5.82 Å². The first kappa shape index (κ1) is 22.3. The van der Waals surface area contributed by atoms with Crippen LogP contribution in [0.5, 0.6) is 0 Å². The quantitative estimate of drug-likeness (QED) is 0.612. The Balaban J connectivity index is 1.26. The van der Waals surface area contributed by atoms with Crippen LogP contribution in [0.15, 0.2) is 48.7 Å². The highest BCUT2D eigenvalue weighted by atomic mass is 16.2. The van der Waals surface area contributed by atoms with Crippen molar-refractivity contribution in [1.82, 2.24) is 15.2 Å². The maximum absolute atomic E-state index is 12.8. The molecule has 0 saturated carbocycles. The lowest BCUT2D eigenvalue weighted by molar-refractivity contribution is -0.136. The normalized spacial score (nSPS) is 19.6. The van der Waals surface area contributed by atoms with Crippen LogP contribution in [0.3, 0.4) is 0 Å². The number of aromatic nitrogens is 1. The number of aryl methyl sites for hydroxylation is 1. The fraction of sp³-hybridized carbons (Fsp3) is 0.500. The van der Waals surface area contributed by atoms with Gasteiger partial charge < -0.3 is 15.1 Å². The topological polar surface area (TPSA) is 65.5 Å². The number of fused-ring (bicyclic) bond motifs is 2. The van der Waals surface area contributed by atoms with E-state index in [9.17, 15) is 9.59 Å². The molecule has 0 spiro atoms. The molecule has 2 aliphatic heterocycles. The minimum atomic E-state index is -0.0815. The monoisotopic (exact) mass is 434 g/mol. The molecule has 6 heteroatoms. The Morgan fingerprint density at radius 3 is 2.47 bits per heavy atom. The van der Waals surface area contributed by atoms with Crippen LogP contribution in [0.4, 0.5) is 5.82 Å². The SMILES string of the molecule is CCC(CC)C(=O)N1CC2CC1CN2c1ccc(C(=O)NCCCc2ccccc2)cn1. The molecule has 2 amide bonds. The van der Waals surface area contributed by atoms with Crippen LogP contribution in [-0.2, 0) is 11.2 Å². The maximum atomic E-state index is 12.8. The van der Waals surface area contributed by atoms with E-state index < -0.39 is 0 Å². The van der Waals surface area contributed by atoms with Crippen LogP contribution in [0.25, 0.3) is 0 Å². The lowest BCUT2D eigenvalue weighted by Gasteiger charge is -2.36. The van der Waals surface area contributed by atoms with E-state index in [1.807, 2.05) is 30.3 Å². The van der Waals surface area contributed by atoms with Crippen LogP contribution in [0, 0.1) is 5.92 Å². The number of hydrogen-bond acceptors (Lipinski definition) is 4. The molecule has 0 aliphatic carbocycles. The van der Waals surface area contributed by atoms with Crippen LogP contribution < -0.4 is 10.2 Å². The van der Waals surface area contributed by atoms with Gasteiger partial charge in [-0.3, -0.25) is 9.59 Å². The fourth-order valence-corrected chi connectivity index (χ4v) is 5.02. The summed E-state index contributed by atoms with van der Waals surface area (Å²) in [5.74, 6) is 1.27. The summed E-state index contributed by atoms with van der Waals surface area (Å²) in [6.07, 6.45) is 6.35.